The van der Waals surface area contributed by atoms with Gasteiger partial charge < -0.3 is 20.1 Å². The van der Waals surface area contributed by atoms with Crippen molar-refractivity contribution in [1.82, 2.24) is 14.9 Å². The highest BCUT2D eigenvalue weighted by atomic mass is 35.5. The summed E-state index contributed by atoms with van der Waals surface area (Å²) in [6, 6.07) is 9.03. The molecule has 1 fully saturated rings. The van der Waals surface area contributed by atoms with Crippen molar-refractivity contribution < 1.29 is 32.3 Å². The van der Waals surface area contributed by atoms with E-state index >= 15 is 0 Å². The molecule has 1 unspecified atom stereocenters. The second kappa shape index (κ2) is 11.7. The van der Waals surface area contributed by atoms with Crippen LogP contribution in [0.15, 0.2) is 41.3 Å². The van der Waals surface area contributed by atoms with Gasteiger partial charge in [-0.1, -0.05) is 29.3 Å². The average Bonchev–Trinajstić information content (AvgIpc) is 2.98. The number of hydrogen-bond donors (Lipinski definition) is 2. The molecule has 1 saturated heterocycles. The second-order valence-corrected chi connectivity index (χ2v) is 10.5. The lowest BCUT2D eigenvalue weighted by atomic mass is 9.96. The Morgan fingerprint density at radius 2 is 1.94 bits per heavy atom. The van der Waals surface area contributed by atoms with E-state index in [2.05, 4.69) is 10.6 Å². The Hall–Kier alpha value is -3.15. The van der Waals surface area contributed by atoms with Crippen LogP contribution in [-0.2, 0) is 30.8 Å². The summed E-state index contributed by atoms with van der Waals surface area (Å²) in [5.74, 6) is -2.25. The number of ether oxygens (including phenoxy) is 2. The molecule has 2 aromatic rings. The predicted octanol–water partition coefficient (Wildman–Crippen LogP) is 1.54. The number of sulfonamides is 1. The van der Waals surface area contributed by atoms with Crippen molar-refractivity contribution in [2.24, 2.45) is 5.92 Å². The number of benzene rings is 2. The fourth-order valence-electron chi connectivity index (χ4n) is 3.82. The minimum Gasteiger partial charge on any atom is -0.496 e. The van der Waals surface area contributed by atoms with Crippen LogP contribution in [0.2, 0.25) is 5.02 Å². The lowest BCUT2D eigenvalue weighted by Gasteiger charge is -2.24. The summed E-state index contributed by atoms with van der Waals surface area (Å²) in [6.45, 7) is 1.62. The van der Waals surface area contributed by atoms with Gasteiger partial charge in [-0.15, -0.1) is 0 Å². The van der Waals surface area contributed by atoms with E-state index in [1.165, 1.54) is 26.4 Å². The van der Waals surface area contributed by atoms with E-state index in [-0.39, 0.29) is 41.6 Å². The van der Waals surface area contributed by atoms with Crippen LogP contribution in [0.1, 0.15) is 21.5 Å². The average molecular weight is 538 g/mol. The largest absolute Gasteiger partial charge is 0.496 e. The lowest BCUT2D eigenvalue weighted by molar-refractivity contribution is -0.131. The molecule has 1 atom stereocenters. The van der Waals surface area contributed by atoms with E-state index in [0.29, 0.717) is 15.6 Å². The van der Waals surface area contributed by atoms with Crippen molar-refractivity contribution in [2.75, 3.05) is 40.5 Å². The SMILES string of the molecule is COCCNC(=O)c1cc(S(=O)(=O)N2CC(=O)NCC(Cc3cc(C)ccc3OC)C2=O)ccc1Cl. The zero-order valence-corrected chi connectivity index (χ0v) is 21.7. The van der Waals surface area contributed by atoms with Crippen LogP contribution in [0.5, 0.6) is 5.75 Å². The number of nitrogens with one attached hydrogen (secondary N) is 2. The van der Waals surface area contributed by atoms with Crippen LogP contribution >= 0.6 is 11.6 Å². The molecule has 0 saturated carbocycles. The molecule has 0 bridgehead atoms. The quantitative estimate of drug-likeness (QED) is 0.464. The number of aryl methyl sites for hydroxylation is 1. The minimum absolute atomic E-state index is 0.0332. The van der Waals surface area contributed by atoms with Gasteiger partial charge in [0.2, 0.25) is 11.8 Å². The van der Waals surface area contributed by atoms with E-state index in [0.717, 1.165) is 11.6 Å². The van der Waals surface area contributed by atoms with Crippen LogP contribution in [0.3, 0.4) is 0 Å². The third-order valence-electron chi connectivity index (χ3n) is 5.69. The van der Waals surface area contributed by atoms with E-state index in [1.54, 1.807) is 6.07 Å². The van der Waals surface area contributed by atoms with Gasteiger partial charge in [0.15, 0.2) is 0 Å². The number of carbonyl (C=O) groups excluding carboxylic acids is 3. The first-order valence-electron chi connectivity index (χ1n) is 11.1. The predicted molar refractivity (Wildman–Crippen MR) is 132 cm³/mol. The van der Waals surface area contributed by atoms with Crippen molar-refractivity contribution >= 4 is 39.3 Å². The highest BCUT2D eigenvalue weighted by Gasteiger charge is 2.38. The maximum Gasteiger partial charge on any atom is 0.267 e. The summed E-state index contributed by atoms with van der Waals surface area (Å²) in [5, 5.41) is 5.22. The van der Waals surface area contributed by atoms with Crippen LogP contribution in [0.4, 0.5) is 0 Å². The van der Waals surface area contributed by atoms with Gasteiger partial charge >= 0.3 is 0 Å². The number of rotatable bonds is 9. The summed E-state index contributed by atoms with van der Waals surface area (Å²) >= 11 is 6.13. The molecule has 3 rings (SSSR count). The van der Waals surface area contributed by atoms with Crippen LogP contribution in [0.25, 0.3) is 0 Å². The van der Waals surface area contributed by atoms with Crippen molar-refractivity contribution in [3.05, 3.63) is 58.1 Å². The van der Waals surface area contributed by atoms with Gasteiger partial charge in [0.25, 0.3) is 15.9 Å². The first kappa shape index (κ1) is 27.4. The first-order chi connectivity index (χ1) is 17.1. The fourth-order valence-corrected chi connectivity index (χ4v) is 5.45. The molecule has 12 heteroatoms. The molecule has 10 nitrogen and oxygen atoms in total. The van der Waals surface area contributed by atoms with Gasteiger partial charge in [0.05, 0.1) is 35.1 Å². The number of methoxy groups -OCH3 is 2. The molecule has 36 heavy (non-hydrogen) atoms. The van der Waals surface area contributed by atoms with Gasteiger partial charge in [0, 0.05) is 20.2 Å². The molecular formula is C24H28ClN3O7S. The Morgan fingerprint density at radius 3 is 2.64 bits per heavy atom. The Kier molecular flexibility index (Phi) is 8.93. The maximum absolute atomic E-state index is 13.5. The van der Waals surface area contributed by atoms with Gasteiger partial charge in [-0.3, -0.25) is 14.4 Å². The third-order valence-corrected chi connectivity index (χ3v) is 7.76. The summed E-state index contributed by atoms with van der Waals surface area (Å²) in [6.07, 6.45) is 0.157. The Labute approximate surface area is 214 Å². The molecule has 0 spiro atoms. The molecule has 1 heterocycles. The molecule has 0 aliphatic carbocycles. The standard InChI is InChI=1S/C24H28ClN3O7S/c1-15-4-7-21(35-3)16(10-15)11-17-13-27-22(29)14-28(24(17)31)36(32,33)18-5-6-20(25)19(12-18)23(30)26-8-9-34-2/h4-7,10,12,17H,8-9,11,13-14H2,1-3H3,(H,26,30)(H,27,29). The van der Waals surface area contributed by atoms with Gasteiger partial charge in [-0.25, -0.2) is 12.7 Å². The lowest BCUT2D eigenvalue weighted by Crippen LogP contribution is -2.42. The molecule has 2 N–H and O–H groups in total. The van der Waals surface area contributed by atoms with E-state index < -0.39 is 40.2 Å². The van der Waals surface area contributed by atoms with Crippen molar-refractivity contribution in [3.8, 4) is 5.75 Å². The van der Waals surface area contributed by atoms with Crippen LogP contribution in [0, 0.1) is 12.8 Å². The molecule has 1 aliphatic rings. The van der Waals surface area contributed by atoms with Gasteiger partial charge in [-0.2, -0.15) is 0 Å². The van der Waals surface area contributed by atoms with Gasteiger partial charge in [-0.05, 0) is 43.2 Å². The van der Waals surface area contributed by atoms with Crippen LogP contribution < -0.4 is 15.4 Å². The molecular weight excluding hydrogens is 510 g/mol. The van der Waals surface area contributed by atoms with Crippen LogP contribution in [-0.4, -0.2) is 70.9 Å². The van der Waals surface area contributed by atoms with Gasteiger partial charge in [0.1, 0.15) is 12.3 Å². The monoisotopic (exact) mass is 537 g/mol. The number of hydrogen-bond acceptors (Lipinski definition) is 7. The smallest absolute Gasteiger partial charge is 0.267 e. The molecule has 0 aromatic heterocycles. The summed E-state index contributed by atoms with van der Waals surface area (Å²) < 4.78 is 37.9. The molecule has 3 amide bonds. The van der Waals surface area contributed by atoms with E-state index in [9.17, 15) is 22.8 Å². The van der Waals surface area contributed by atoms with E-state index in [1.807, 2.05) is 19.1 Å². The zero-order chi connectivity index (χ0) is 26.5. The normalized spacial score (nSPS) is 16.3. The minimum atomic E-state index is -4.49. The van der Waals surface area contributed by atoms with Crippen molar-refractivity contribution in [2.45, 2.75) is 18.2 Å². The Bertz CT molecular complexity index is 1270. The van der Waals surface area contributed by atoms with Crippen molar-refractivity contribution in [3.63, 3.8) is 0 Å². The van der Waals surface area contributed by atoms with Crippen molar-refractivity contribution in [1.29, 1.82) is 0 Å². The summed E-state index contributed by atoms with van der Waals surface area (Å²) in [7, 11) is -1.51. The first-order valence-corrected chi connectivity index (χ1v) is 12.9. The Balaban J connectivity index is 1.94. The highest BCUT2D eigenvalue weighted by Crippen LogP contribution is 2.28. The Morgan fingerprint density at radius 1 is 1.19 bits per heavy atom. The maximum atomic E-state index is 13.5. The number of carbonyl (C=O) groups is 3. The zero-order valence-electron chi connectivity index (χ0n) is 20.2. The molecule has 0 radical (unpaired) electrons. The number of nitrogens with zero attached hydrogens (tertiary/aromatic N) is 1. The summed E-state index contributed by atoms with van der Waals surface area (Å²) in [5.41, 5.74) is 1.57. The molecule has 194 valence electrons. The fraction of sp³-hybridized carbons (Fsp3) is 0.375. The topological polar surface area (TPSA) is 131 Å². The molecule has 1 aliphatic heterocycles. The van der Waals surface area contributed by atoms with E-state index in [4.69, 9.17) is 21.1 Å². The second-order valence-electron chi connectivity index (χ2n) is 8.26. The highest BCUT2D eigenvalue weighted by molar-refractivity contribution is 7.89. The number of halogens is 1. The summed E-state index contributed by atoms with van der Waals surface area (Å²) in [4.78, 5) is 38.0. The molecule has 2 aromatic carbocycles. The number of amides is 3. The third kappa shape index (κ3) is 6.15.